The van der Waals surface area contributed by atoms with Crippen molar-refractivity contribution in [3.8, 4) is 0 Å². The summed E-state index contributed by atoms with van der Waals surface area (Å²) < 4.78 is 0. The molecule has 2 aliphatic rings. The standard InChI is InChI=1S/C15H28N2O/c1-15(2)8-7-12(10-15)17-14(18)9-11-5-3-4-6-13(11)16/h11-13H,3-10,16H2,1-2H3,(H,17,18). The molecule has 2 fully saturated rings. The van der Waals surface area contributed by atoms with Crippen molar-refractivity contribution in [2.75, 3.05) is 0 Å². The second-order valence-corrected chi connectivity index (χ2v) is 7.08. The van der Waals surface area contributed by atoms with Crippen molar-refractivity contribution in [2.24, 2.45) is 17.1 Å². The minimum absolute atomic E-state index is 0.222. The minimum Gasteiger partial charge on any atom is -0.353 e. The molecule has 2 rings (SSSR count). The topological polar surface area (TPSA) is 55.1 Å². The van der Waals surface area contributed by atoms with E-state index in [0.29, 0.717) is 23.8 Å². The first-order chi connectivity index (χ1) is 8.46. The first-order valence-corrected chi connectivity index (χ1v) is 7.51. The molecule has 3 N–H and O–H groups in total. The van der Waals surface area contributed by atoms with Crippen LogP contribution in [-0.2, 0) is 4.79 Å². The van der Waals surface area contributed by atoms with E-state index in [9.17, 15) is 4.79 Å². The second-order valence-electron chi connectivity index (χ2n) is 7.08. The lowest BCUT2D eigenvalue weighted by molar-refractivity contribution is -0.123. The van der Waals surface area contributed by atoms with Gasteiger partial charge in [-0.2, -0.15) is 0 Å². The van der Waals surface area contributed by atoms with Gasteiger partial charge >= 0.3 is 0 Å². The Balaban J connectivity index is 1.75. The molecule has 0 heterocycles. The Morgan fingerprint density at radius 1 is 1.28 bits per heavy atom. The van der Waals surface area contributed by atoms with Crippen LogP contribution in [0.5, 0.6) is 0 Å². The number of nitrogens with two attached hydrogens (primary N) is 1. The van der Waals surface area contributed by atoms with Gasteiger partial charge in [0.25, 0.3) is 0 Å². The van der Waals surface area contributed by atoms with Gasteiger partial charge in [0, 0.05) is 18.5 Å². The molecule has 3 unspecified atom stereocenters. The monoisotopic (exact) mass is 252 g/mol. The maximum Gasteiger partial charge on any atom is 0.220 e. The molecule has 0 spiro atoms. The van der Waals surface area contributed by atoms with E-state index in [-0.39, 0.29) is 11.9 Å². The van der Waals surface area contributed by atoms with Crippen molar-refractivity contribution in [1.29, 1.82) is 0 Å². The van der Waals surface area contributed by atoms with E-state index in [2.05, 4.69) is 19.2 Å². The van der Waals surface area contributed by atoms with Gasteiger partial charge in [0.2, 0.25) is 5.91 Å². The normalized spacial score (nSPS) is 35.4. The molecule has 3 atom stereocenters. The molecule has 104 valence electrons. The van der Waals surface area contributed by atoms with Crippen LogP contribution < -0.4 is 11.1 Å². The molecule has 2 aliphatic carbocycles. The van der Waals surface area contributed by atoms with Gasteiger partial charge in [-0.3, -0.25) is 4.79 Å². The first-order valence-electron chi connectivity index (χ1n) is 7.51. The van der Waals surface area contributed by atoms with Gasteiger partial charge in [0.1, 0.15) is 0 Å². The van der Waals surface area contributed by atoms with Gasteiger partial charge in [-0.25, -0.2) is 0 Å². The summed E-state index contributed by atoms with van der Waals surface area (Å²) in [6, 6.07) is 0.636. The molecular formula is C15H28N2O. The van der Waals surface area contributed by atoms with E-state index in [0.717, 1.165) is 25.7 Å². The lowest BCUT2D eigenvalue weighted by Gasteiger charge is -2.28. The fraction of sp³-hybridized carbons (Fsp3) is 0.933. The molecule has 0 saturated heterocycles. The highest BCUT2D eigenvalue weighted by molar-refractivity contribution is 5.76. The van der Waals surface area contributed by atoms with E-state index in [4.69, 9.17) is 5.73 Å². The summed E-state index contributed by atoms with van der Waals surface area (Å²) in [7, 11) is 0. The van der Waals surface area contributed by atoms with Crippen molar-refractivity contribution in [1.82, 2.24) is 5.32 Å². The zero-order valence-electron chi connectivity index (χ0n) is 11.9. The van der Waals surface area contributed by atoms with E-state index in [1.54, 1.807) is 0 Å². The molecule has 3 nitrogen and oxygen atoms in total. The number of hydrogen-bond donors (Lipinski definition) is 2. The van der Waals surface area contributed by atoms with Gasteiger partial charge in [0.15, 0.2) is 0 Å². The maximum atomic E-state index is 12.1. The van der Waals surface area contributed by atoms with Crippen LogP contribution in [-0.4, -0.2) is 18.0 Å². The molecule has 0 aliphatic heterocycles. The molecular weight excluding hydrogens is 224 g/mol. The maximum absolute atomic E-state index is 12.1. The van der Waals surface area contributed by atoms with Crippen molar-refractivity contribution < 1.29 is 4.79 Å². The van der Waals surface area contributed by atoms with E-state index < -0.39 is 0 Å². The predicted molar refractivity (Wildman–Crippen MR) is 74.1 cm³/mol. The number of amides is 1. The molecule has 2 saturated carbocycles. The third-order valence-corrected chi connectivity index (χ3v) is 4.75. The van der Waals surface area contributed by atoms with E-state index >= 15 is 0 Å². The molecule has 0 aromatic rings. The first kappa shape index (κ1) is 13.9. The summed E-state index contributed by atoms with van der Waals surface area (Å²) >= 11 is 0. The van der Waals surface area contributed by atoms with Crippen LogP contribution in [0.2, 0.25) is 0 Å². The Hall–Kier alpha value is -0.570. The van der Waals surface area contributed by atoms with E-state index in [1.165, 1.54) is 19.3 Å². The summed E-state index contributed by atoms with van der Waals surface area (Å²) in [5, 5.41) is 3.21. The number of nitrogens with one attached hydrogen (secondary N) is 1. The van der Waals surface area contributed by atoms with Crippen LogP contribution in [0.25, 0.3) is 0 Å². The van der Waals surface area contributed by atoms with Gasteiger partial charge in [-0.05, 0) is 43.4 Å². The van der Waals surface area contributed by atoms with Crippen molar-refractivity contribution in [3.63, 3.8) is 0 Å². The van der Waals surface area contributed by atoms with Gasteiger partial charge in [0.05, 0.1) is 0 Å². The summed E-state index contributed by atoms with van der Waals surface area (Å²) in [4.78, 5) is 12.1. The van der Waals surface area contributed by atoms with Crippen molar-refractivity contribution in [3.05, 3.63) is 0 Å². The second kappa shape index (κ2) is 5.60. The Morgan fingerprint density at radius 3 is 2.61 bits per heavy atom. The smallest absolute Gasteiger partial charge is 0.220 e. The number of hydrogen-bond acceptors (Lipinski definition) is 2. The summed E-state index contributed by atoms with van der Waals surface area (Å²) in [6.07, 6.45) is 8.81. The Morgan fingerprint density at radius 2 is 2.00 bits per heavy atom. The van der Waals surface area contributed by atoms with Gasteiger partial charge < -0.3 is 11.1 Å². The van der Waals surface area contributed by atoms with Crippen LogP contribution >= 0.6 is 0 Å². The average molecular weight is 252 g/mol. The Labute approximate surface area is 111 Å². The largest absolute Gasteiger partial charge is 0.353 e. The van der Waals surface area contributed by atoms with Crippen LogP contribution in [0.3, 0.4) is 0 Å². The zero-order valence-corrected chi connectivity index (χ0v) is 11.9. The molecule has 0 aromatic carbocycles. The minimum atomic E-state index is 0.222. The number of rotatable bonds is 3. The zero-order chi connectivity index (χ0) is 13.2. The van der Waals surface area contributed by atoms with Gasteiger partial charge in [-0.1, -0.05) is 26.7 Å². The molecule has 1 amide bonds. The van der Waals surface area contributed by atoms with Crippen LogP contribution in [0, 0.1) is 11.3 Å². The van der Waals surface area contributed by atoms with Crippen LogP contribution in [0.1, 0.15) is 65.2 Å². The van der Waals surface area contributed by atoms with Crippen molar-refractivity contribution >= 4 is 5.91 Å². The highest BCUT2D eigenvalue weighted by atomic mass is 16.1. The quantitative estimate of drug-likeness (QED) is 0.811. The fourth-order valence-corrected chi connectivity index (χ4v) is 3.57. The SMILES string of the molecule is CC1(C)CCC(NC(=O)CC2CCCCC2N)C1. The fourth-order valence-electron chi connectivity index (χ4n) is 3.57. The van der Waals surface area contributed by atoms with Crippen LogP contribution in [0.15, 0.2) is 0 Å². The summed E-state index contributed by atoms with van der Waals surface area (Å²) in [5.74, 6) is 0.633. The lowest BCUT2D eigenvalue weighted by atomic mass is 9.83. The third kappa shape index (κ3) is 3.71. The van der Waals surface area contributed by atoms with Crippen LogP contribution in [0.4, 0.5) is 0 Å². The molecule has 0 aromatic heterocycles. The molecule has 18 heavy (non-hydrogen) atoms. The Bertz CT molecular complexity index is 301. The molecule has 3 heteroatoms. The highest BCUT2D eigenvalue weighted by Crippen LogP contribution is 2.37. The average Bonchev–Trinajstić information content (AvgIpc) is 2.61. The molecule has 0 radical (unpaired) electrons. The van der Waals surface area contributed by atoms with Crippen molar-refractivity contribution in [2.45, 2.75) is 77.3 Å². The Kier molecular flexibility index (Phi) is 4.31. The summed E-state index contributed by atoms with van der Waals surface area (Å²) in [5.41, 5.74) is 6.50. The van der Waals surface area contributed by atoms with E-state index in [1.807, 2.05) is 0 Å². The third-order valence-electron chi connectivity index (χ3n) is 4.75. The molecule has 0 bridgehead atoms. The lowest BCUT2D eigenvalue weighted by Crippen LogP contribution is -2.39. The summed E-state index contributed by atoms with van der Waals surface area (Å²) in [6.45, 7) is 4.58. The number of carbonyl (C=O) groups is 1. The predicted octanol–water partition coefficient (Wildman–Crippen LogP) is 2.59. The highest BCUT2D eigenvalue weighted by Gasteiger charge is 2.32. The number of carbonyl (C=O) groups excluding carboxylic acids is 1. The van der Waals surface area contributed by atoms with Gasteiger partial charge in [-0.15, -0.1) is 0 Å².